The van der Waals surface area contributed by atoms with E-state index in [1.165, 1.54) is 56.9 Å². The van der Waals surface area contributed by atoms with Crippen molar-refractivity contribution < 1.29 is 12.9 Å². The number of nitrogens with zero attached hydrogens (tertiary/aromatic N) is 3. The van der Waals surface area contributed by atoms with Crippen molar-refractivity contribution in [2.45, 2.75) is 68.6 Å². The van der Waals surface area contributed by atoms with Gasteiger partial charge in [0.15, 0.2) is 9.84 Å². The Hall–Kier alpha value is -2.51. The summed E-state index contributed by atoms with van der Waals surface area (Å²) in [5.41, 5.74) is 2.30. The van der Waals surface area contributed by atoms with E-state index < -0.39 is 9.84 Å². The molecule has 1 atom stereocenters. The van der Waals surface area contributed by atoms with Crippen LogP contribution < -0.4 is 0 Å². The average molecular weight is 522 g/mol. The molecule has 6 nitrogen and oxygen atoms in total. The summed E-state index contributed by atoms with van der Waals surface area (Å²) in [6, 6.07) is 17.9. The normalized spacial score (nSPS) is 19.2. The first-order chi connectivity index (χ1) is 18.0. The first kappa shape index (κ1) is 26.1. The minimum atomic E-state index is -3.22. The SMILES string of the molecule is CS(=O)(=O)c1ccc(-c2noc(CC3CCN(CCC(c4ccccc4)C4CCCCC4)CC3)n2)cc1. The van der Waals surface area contributed by atoms with Crippen LogP contribution in [0, 0.1) is 11.8 Å². The zero-order valence-electron chi connectivity index (χ0n) is 21.9. The van der Waals surface area contributed by atoms with Gasteiger partial charge in [-0.05, 0) is 99.3 Å². The highest BCUT2D eigenvalue weighted by Crippen LogP contribution is 2.38. The molecule has 2 aromatic carbocycles. The maximum Gasteiger partial charge on any atom is 0.227 e. The molecule has 1 aliphatic carbocycles. The molecular formula is C30H39N3O3S. The molecule has 1 aromatic heterocycles. The molecule has 1 aliphatic heterocycles. The first-order valence-corrected chi connectivity index (χ1v) is 15.8. The van der Waals surface area contributed by atoms with Crippen molar-refractivity contribution in [2.75, 3.05) is 25.9 Å². The highest BCUT2D eigenvalue weighted by molar-refractivity contribution is 7.90. The van der Waals surface area contributed by atoms with E-state index in [1.807, 2.05) is 0 Å². The molecule has 3 aromatic rings. The van der Waals surface area contributed by atoms with Crippen molar-refractivity contribution in [1.29, 1.82) is 0 Å². The Kier molecular flexibility index (Phi) is 8.40. The molecule has 7 heteroatoms. The third-order valence-corrected chi connectivity index (χ3v) is 9.51. The number of aromatic nitrogens is 2. The monoisotopic (exact) mass is 521 g/mol. The van der Waals surface area contributed by atoms with E-state index in [1.54, 1.807) is 24.3 Å². The van der Waals surface area contributed by atoms with Crippen molar-refractivity contribution in [3.63, 3.8) is 0 Å². The predicted molar refractivity (Wildman–Crippen MR) is 146 cm³/mol. The molecule has 0 amide bonds. The minimum Gasteiger partial charge on any atom is -0.339 e. The lowest BCUT2D eigenvalue weighted by Gasteiger charge is -2.35. The fraction of sp³-hybridized carbons (Fsp3) is 0.533. The summed E-state index contributed by atoms with van der Waals surface area (Å²) in [6.07, 6.45) is 12.5. The van der Waals surface area contributed by atoms with Gasteiger partial charge in [0.2, 0.25) is 11.7 Å². The zero-order chi connectivity index (χ0) is 25.7. The number of hydrogen-bond acceptors (Lipinski definition) is 6. The molecular weight excluding hydrogens is 482 g/mol. The van der Waals surface area contributed by atoms with Crippen molar-refractivity contribution in [3.8, 4) is 11.4 Å². The van der Waals surface area contributed by atoms with Crippen LogP contribution in [0.5, 0.6) is 0 Å². The van der Waals surface area contributed by atoms with Gasteiger partial charge in [0.25, 0.3) is 0 Å². The highest BCUT2D eigenvalue weighted by Gasteiger charge is 2.27. The van der Waals surface area contributed by atoms with Gasteiger partial charge >= 0.3 is 0 Å². The van der Waals surface area contributed by atoms with Gasteiger partial charge in [-0.2, -0.15) is 4.98 Å². The van der Waals surface area contributed by atoms with Crippen LogP contribution in [0.15, 0.2) is 64.0 Å². The fourth-order valence-corrected chi connectivity index (χ4v) is 6.83. The Morgan fingerprint density at radius 1 is 0.946 bits per heavy atom. The largest absolute Gasteiger partial charge is 0.339 e. The Balaban J connectivity index is 1.12. The van der Waals surface area contributed by atoms with Crippen LogP contribution in [0.1, 0.15) is 68.7 Å². The number of likely N-dealkylation sites (tertiary alicyclic amines) is 1. The number of sulfone groups is 1. The molecule has 0 radical (unpaired) electrons. The Morgan fingerprint density at radius 3 is 2.32 bits per heavy atom. The Labute approximate surface area is 221 Å². The average Bonchev–Trinajstić information content (AvgIpc) is 3.39. The predicted octanol–water partition coefficient (Wildman–Crippen LogP) is 6.15. The number of hydrogen-bond donors (Lipinski definition) is 0. The van der Waals surface area contributed by atoms with Gasteiger partial charge in [0, 0.05) is 18.2 Å². The third kappa shape index (κ3) is 6.88. The second-order valence-electron chi connectivity index (χ2n) is 11.0. The van der Waals surface area contributed by atoms with Crippen LogP contribution in [0.2, 0.25) is 0 Å². The van der Waals surface area contributed by atoms with Gasteiger partial charge in [0.1, 0.15) is 0 Å². The van der Waals surface area contributed by atoms with Gasteiger partial charge in [-0.1, -0.05) is 54.8 Å². The Morgan fingerprint density at radius 2 is 1.65 bits per heavy atom. The zero-order valence-corrected chi connectivity index (χ0v) is 22.7. The molecule has 0 N–H and O–H groups in total. The van der Waals surface area contributed by atoms with Crippen molar-refractivity contribution in [3.05, 3.63) is 66.1 Å². The van der Waals surface area contributed by atoms with Crippen LogP contribution in [-0.2, 0) is 16.3 Å². The van der Waals surface area contributed by atoms with Crippen LogP contribution in [0.4, 0.5) is 0 Å². The smallest absolute Gasteiger partial charge is 0.227 e. The molecule has 0 spiro atoms. The van der Waals surface area contributed by atoms with Crippen LogP contribution in [0.25, 0.3) is 11.4 Å². The quantitative estimate of drug-likeness (QED) is 0.336. The lowest BCUT2D eigenvalue weighted by Crippen LogP contribution is -2.36. The van der Waals surface area contributed by atoms with Crippen molar-refractivity contribution >= 4 is 9.84 Å². The van der Waals surface area contributed by atoms with E-state index >= 15 is 0 Å². The van der Waals surface area contributed by atoms with Gasteiger partial charge in [0.05, 0.1) is 4.90 Å². The maximum atomic E-state index is 11.7. The summed E-state index contributed by atoms with van der Waals surface area (Å²) in [5.74, 6) is 3.26. The van der Waals surface area contributed by atoms with Crippen molar-refractivity contribution in [2.24, 2.45) is 11.8 Å². The minimum absolute atomic E-state index is 0.292. The lowest BCUT2D eigenvalue weighted by molar-refractivity contribution is 0.164. The van der Waals surface area contributed by atoms with Crippen LogP contribution in [0.3, 0.4) is 0 Å². The molecule has 2 aliphatic rings. The van der Waals surface area contributed by atoms with E-state index in [0.29, 0.717) is 28.4 Å². The van der Waals surface area contributed by atoms with Crippen LogP contribution >= 0.6 is 0 Å². The molecule has 5 rings (SSSR count). The molecule has 0 bridgehead atoms. The second-order valence-corrected chi connectivity index (χ2v) is 13.0. The van der Waals surface area contributed by atoms with Gasteiger partial charge in [-0.15, -0.1) is 0 Å². The molecule has 1 saturated heterocycles. The summed E-state index contributed by atoms with van der Waals surface area (Å²) >= 11 is 0. The fourth-order valence-electron chi connectivity index (χ4n) is 6.20. The van der Waals surface area contributed by atoms with Gasteiger partial charge in [-0.25, -0.2) is 8.42 Å². The molecule has 198 valence electrons. The van der Waals surface area contributed by atoms with E-state index in [4.69, 9.17) is 4.52 Å². The summed E-state index contributed by atoms with van der Waals surface area (Å²) in [5, 5.41) is 4.13. The number of piperidine rings is 1. The van der Waals surface area contributed by atoms with E-state index in [9.17, 15) is 8.42 Å². The van der Waals surface area contributed by atoms with Gasteiger partial charge < -0.3 is 9.42 Å². The number of rotatable bonds is 9. The topological polar surface area (TPSA) is 76.3 Å². The van der Waals surface area contributed by atoms with E-state index in [-0.39, 0.29) is 0 Å². The molecule has 2 fully saturated rings. The molecule has 2 heterocycles. The second kappa shape index (κ2) is 11.9. The standard InChI is InChI=1S/C30H39N3O3S/c1-37(34,35)27-14-12-26(13-15-27)30-31-29(36-32-30)22-23-16-19-33(20-17-23)21-18-28(24-8-4-2-5-9-24)25-10-6-3-7-11-25/h2,4-5,8-9,12-15,23,25,28H,3,6-7,10-11,16-22H2,1H3. The van der Waals surface area contributed by atoms with E-state index in [2.05, 4.69) is 45.4 Å². The van der Waals surface area contributed by atoms with Crippen LogP contribution in [-0.4, -0.2) is 49.3 Å². The maximum absolute atomic E-state index is 11.7. The lowest BCUT2D eigenvalue weighted by atomic mass is 9.75. The van der Waals surface area contributed by atoms with Crippen molar-refractivity contribution in [1.82, 2.24) is 15.0 Å². The summed E-state index contributed by atoms with van der Waals surface area (Å²) in [6.45, 7) is 3.44. The Bertz CT molecular complexity index is 1230. The summed E-state index contributed by atoms with van der Waals surface area (Å²) < 4.78 is 28.9. The van der Waals surface area contributed by atoms with Gasteiger partial charge in [-0.3, -0.25) is 0 Å². The number of benzene rings is 2. The van der Waals surface area contributed by atoms with E-state index in [0.717, 1.165) is 43.8 Å². The molecule has 1 unspecified atom stereocenters. The third-order valence-electron chi connectivity index (χ3n) is 8.38. The molecule has 1 saturated carbocycles. The highest BCUT2D eigenvalue weighted by atomic mass is 32.2. The summed E-state index contributed by atoms with van der Waals surface area (Å²) in [4.78, 5) is 7.53. The first-order valence-electron chi connectivity index (χ1n) is 13.9. The summed E-state index contributed by atoms with van der Waals surface area (Å²) in [7, 11) is -3.22. The molecule has 37 heavy (non-hydrogen) atoms.